The average molecular weight is 194 g/mol. The molecule has 1 amide bonds. The quantitative estimate of drug-likeness (QED) is 0.785. The van der Waals surface area contributed by atoms with E-state index in [1.807, 2.05) is 26.8 Å². The molecule has 1 aromatic rings. The Hall–Kier alpha value is -1.58. The largest absolute Gasteiger partial charge is 0.465 e. The molecule has 0 atom stereocenters. The molecule has 0 aliphatic heterocycles. The highest BCUT2D eigenvalue weighted by Crippen LogP contribution is 2.14. The first-order valence-electron chi connectivity index (χ1n) is 4.48. The van der Waals surface area contributed by atoms with Crippen LogP contribution in [0.5, 0.6) is 0 Å². The van der Waals surface area contributed by atoms with Crippen molar-refractivity contribution in [3.05, 3.63) is 23.9 Å². The summed E-state index contributed by atoms with van der Waals surface area (Å²) in [4.78, 5) is 16.3. The van der Waals surface area contributed by atoms with Crippen molar-refractivity contribution < 1.29 is 9.90 Å². The van der Waals surface area contributed by atoms with E-state index in [0.717, 1.165) is 5.69 Å². The topological polar surface area (TPSA) is 53.4 Å². The van der Waals surface area contributed by atoms with Crippen LogP contribution in [0, 0.1) is 6.92 Å². The molecule has 0 unspecified atom stereocenters. The second kappa shape index (κ2) is 4.09. The molecule has 0 aliphatic rings. The number of aromatic nitrogens is 1. The molecule has 0 radical (unpaired) electrons. The summed E-state index contributed by atoms with van der Waals surface area (Å²) in [6.07, 6.45) is -0.974. The van der Waals surface area contributed by atoms with E-state index < -0.39 is 6.09 Å². The highest BCUT2D eigenvalue weighted by Gasteiger charge is 2.18. The van der Waals surface area contributed by atoms with Crippen LogP contribution in [0.3, 0.4) is 0 Å². The Morgan fingerprint density at radius 3 is 2.57 bits per heavy atom. The predicted octanol–water partition coefficient (Wildman–Crippen LogP) is 2.28. The molecule has 1 aromatic heterocycles. The van der Waals surface area contributed by atoms with Gasteiger partial charge in [0.25, 0.3) is 0 Å². The summed E-state index contributed by atoms with van der Waals surface area (Å²) < 4.78 is 0. The highest BCUT2D eigenvalue weighted by atomic mass is 16.4. The molecule has 0 fully saturated rings. The Morgan fingerprint density at radius 1 is 1.50 bits per heavy atom. The Balaban J connectivity index is 3.05. The van der Waals surface area contributed by atoms with Crippen molar-refractivity contribution in [2.75, 3.05) is 4.90 Å². The van der Waals surface area contributed by atoms with E-state index in [-0.39, 0.29) is 6.04 Å². The summed E-state index contributed by atoms with van der Waals surface area (Å²) in [6.45, 7) is 5.47. The zero-order valence-corrected chi connectivity index (χ0v) is 8.56. The van der Waals surface area contributed by atoms with Crippen LogP contribution in [0.15, 0.2) is 18.2 Å². The third-order valence-electron chi connectivity index (χ3n) is 1.84. The molecule has 4 heteroatoms. The minimum Gasteiger partial charge on any atom is -0.465 e. The lowest BCUT2D eigenvalue weighted by Gasteiger charge is -2.22. The van der Waals surface area contributed by atoms with Crippen molar-refractivity contribution >= 4 is 11.9 Å². The Labute approximate surface area is 83.2 Å². The van der Waals surface area contributed by atoms with Gasteiger partial charge < -0.3 is 5.11 Å². The van der Waals surface area contributed by atoms with Gasteiger partial charge in [-0.2, -0.15) is 0 Å². The van der Waals surface area contributed by atoms with Crippen LogP contribution < -0.4 is 4.90 Å². The van der Waals surface area contributed by atoms with Gasteiger partial charge in [0.1, 0.15) is 5.82 Å². The van der Waals surface area contributed by atoms with Crippen LogP contribution in [0.4, 0.5) is 10.6 Å². The van der Waals surface area contributed by atoms with Crippen molar-refractivity contribution in [1.29, 1.82) is 0 Å². The van der Waals surface area contributed by atoms with E-state index >= 15 is 0 Å². The molecule has 0 saturated heterocycles. The lowest BCUT2D eigenvalue weighted by atomic mass is 10.3. The van der Waals surface area contributed by atoms with Crippen molar-refractivity contribution in [1.82, 2.24) is 4.98 Å². The van der Waals surface area contributed by atoms with E-state index in [4.69, 9.17) is 5.11 Å². The maximum absolute atomic E-state index is 10.9. The zero-order chi connectivity index (χ0) is 10.7. The van der Waals surface area contributed by atoms with Crippen molar-refractivity contribution in [2.45, 2.75) is 26.8 Å². The Kier molecular flexibility index (Phi) is 3.06. The third-order valence-corrected chi connectivity index (χ3v) is 1.84. The number of carboxylic acid groups (broad SMARTS) is 1. The van der Waals surface area contributed by atoms with Crippen LogP contribution in [-0.4, -0.2) is 22.2 Å². The van der Waals surface area contributed by atoms with Gasteiger partial charge in [-0.05, 0) is 32.9 Å². The van der Waals surface area contributed by atoms with Gasteiger partial charge in [0.2, 0.25) is 0 Å². The number of hydrogen-bond donors (Lipinski definition) is 1. The van der Waals surface area contributed by atoms with Gasteiger partial charge >= 0.3 is 6.09 Å². The first-order chi connectivity index (χ1) is 6.52. The number of rotatable bonds is 2. The summed E-state index contributed by atoms with van der Waals surface area (Å²) in [5.74, 6) is 0.479. The molecular weight excluding hydrogens is 180 g/mol. The number of aryl methyl sites for hydroxylation is 1. The van der Waals surface area contributed by atoms with Gasteiger partial charge in [0.05, 0.1) is 0 Å². The zero-order valence-electron chi connectivity index (χ0n) is 8.56. The monoisotopic (exact) mass is 194 g/mol. The van der Waals surface area contributed by atoms with Gasteiger partial charge in [-0.3, -0.25) is 4.90 Å². The fraction of sp³-hybridized carbons (Fsp3) is 0.400. The standard InChI is InChI=1S/C10H14N2O2/c1-7(2)12(10(13)14)9-6-4-5-8(3)11-9/h4-7H,1-3H3,(H,13,14). The smallest absolute Gasteiger partial charge is 0.413 e. The Bertz CT molecular complexity index is 337. The number of hydrogen-bond acceptors (Lipinski definition) is 2. The van der Waals surface area contributed by atoms with Crippen LogP contribution in [-0.2, 0) is 0 Å². The summed E-state index contributed by atoms with van der Waals surface area (Å²) in [5.41, 5.74) is 0.814. The van der Waals surface area contributed by atoms with E-state index in [2.05, 4.69) is 4.98 Å². The van der Waals surface area contributed by atoms with Gasteiger partial charge in [0.15, 0.2) is 0 Å². The summed E-state index contributed by atoms with van der Waals surface area (Å²) in [5, 5.41) is 8.97. The van der Waals surface area contributed by atoms with E-state index in [1.165, 1.54) is 4.90 Å². The number of nitrogens with zero attached hydrogens (tertiary/aromatic N) is 2. The first-order valence-corrected chi connectivity index (χ1v) is 4.48. The molecule has 76 valence electrons. The number of pyridine rings is 1. The number of anilines is 1. The third kappa shape index (κ3) is 2.22. The minimum atomic E-state index is -0.974. The van der Waals surface area contributed by atoms with E-state index in [9.17, 15) is 4.79 Å². The van der Waals surface area contributed by atoms with Crippen LogP contribution in [0.25, 0.3) is 0 Å². The molecule has 1 heterocycles. The molecule has 4 nitrogen and oxygen atoms in total. The molecule has 1 rings (SSSR count). The average Bonchev–Trinajstić information content (AvgIpc) is 2.02. The molecule has 0 aromatic carbocycles. The van der Waals surface area contributed by atoms with Gasteiger partial charge in [-0.1, -0.05) is 6.07 Å². The SMILES string of the molecule is Cc1cccc(N(C(=O)O)C(C)C)n1. The second-order valence-electron chi connectivity index (χ2n) is 3.38. The van der Waals surface area contributed by atoms with Crippen molar-refractivity contribution in [3.8, 4) is 0 Å². The summed E-state index contributed by atoms with van der Waals surface area (Å²) >= 11 is 0. The minimum absolute atomic E-state index is 0.109. The molecule has 0 bridgehead atoms. The van der Waals surface area contributed by atoms with Crippen LogP contribution in [0.2, 0.25) is 0 Å². The van der Waals surface area contributed by atoms with Crippen LogP contribution in [0.1, 0.15) is 19.5 Å². The summed E-state index contributed by atoms with van der Waals surface area (Å²) in [7, 11) is 0. The first kappa shape index (κ1) is 10.5. The normalized spacial score (nSPS) is 10.3. The lowest BCUT2D eigenvalue weighted by molar-refractivity contribution is 0.200. The fourth-order valence-corrected chi connectivity index (χ4v) is 1.25. The van der Waals surface area contributed by atoms with E-state index in [0.29, 0.717) is 5.82 Å². The van der Waals surface area contributed by atoms with Gasteiger partial charge in [-0.15, -0.1) is 0 Å². The maximum Gasteiger partial charge on any atom is 0.413 e. The van der Waals surface area contributed by atoms with Crippen LogP contribution >= 0.6 is 0 Å². The molecule has 0 saturated carbocycles. The van der Waals surface area contributed by atoms with Gasteiger partial charge in [-0.25, -0.2) is 9.78 Å². The number of amides is 1. The Morgan fingerprint density at radius 2 is 2.14 bits per heavy atom. The van der Waals surface area contributed by atoms with Crippen molar-refractivity contribution in [3.63, 3.8) is 0 Å². The molecule has 0 aliphatic carbocycles. The van der Waals surface area contributed by atoms with Crippen molar-refractivity contribution in [2.24, 2.45) is 0 Å². The van der Waals surface area contributed by atoms with Gasteiger partial charge in [0, 0.05) is 11.7 Å². The van der Waals surface area contributed by atoms with E-state index in [1.54, 1.807) is 12.1 Å². The number of carbonyl (C=O) groups is 1. The lowest BCUT2D eigenvalue weighted by Crippen LogP contribution is -2.36. The second-order valence-corrected chi connectivity index (χ2v) is 3.38. The molecular formula is C10H14N2O2. The fourth-order valence-electron chi connectivity index (χ4n) is 1.25. The molecule has 1 N–H and O–H groups in total. The molecule has 0 spiro atoms. The maximum atomic E-state index is 10.9. The molecule has 14 heavy (non-hydrogen) atoms. The predicted molar refractivity (Wildman–Crippen MR) is 54.6 cm³/mol. The summed E-state index contributed by atoms with van der Waals surface area (Å²) in [6, 6.07) is 5.22. The highest BCUT2D eigenvalue weighted by molar-refractivity contribution is 5.85.